The molecule has 31 heavy (non-hydrogen) atoms. The number of amidine groups is 1. The van der Waals surface area contributed by atoms with Gasteiger partial charge in [0.1, 0.15) is 5.75 Å². The van der Waals surface area contributed by atoms with Gasteiger partial charge >= 0.3 is 0 Å². The Morgan fingerprint density at radius 2 is 1.77 bits per heavy atom. The highest BCUT2D eigenvalue weighted by Crippen LogP contribution is 2.38. The van der Waals surface area contributed by atoms with E-state index < -0.39 is 0 Å². The number of likely N-dealkylation sites (N-methyl/N-ethyl adjacent to an activating group) is 1. The first-order valence-electron chi connectivity index (χ1n) is 10.7. The molecule has 1 amide bonds. The number of fused-ring (bicyclic) bond motifs is 1. The summed E-state index contributed by atoms with van der Waals surface area (Å²) in [4.78, 5) is 20.5. The van der Waals surface area contributed by atoms with Crippen molar-refractivity contribution in [3.63, 3.8) is 0 Å². The number of hydrogen-bond donors (Lipinski definition) is 0. The van der Waals surface area contributed by atoms with Crippen molar-refractivity contribution in [2.24, 2.45) is 4.99 Å². The lowest BCUT2D eigenvalue weighted by atomic mass is 10.0. The molecule has 0 radical (unpaired) electrons. The van der Waals surface area contributed by atoms with Gasteiger partial charge in [0.25, 0.3) is 5.91 Å². The van der Waals surface area contributed by atoms with Crippen LogP contribution in [0.3, 0.4) is 0 Å². The smallest absolute Gasteiger partial charge is 0.266 e. The molecule has 0 bridgehead atoms. The van der Waals surface area contributed by atoms with Gasteiger partial charge in [0.05, 0.1) is 17.2 Å². The number of amides is 1. The fourth-order valence-corrected chi connectivity index (χ4v) is 4.77. The van der Waals surface area contributed by atoms with Gasteiger partial charge in [-0.1, -0.05) is 55.5 Å². The van der Waals surface area contributed by atoms with E-state index in [1.165, 1.54) is 17.3 Å². The van der Waals surface area contributed by atoms with E-state index in [0.29, 0.717) is 18.1 Å². The molecule has 1 aliphatic heterocycles. The van der Waals surface area contributed by atoms with Crippen LogP contribution in [0.15, 0.2) is 70.6 Å². The minimum Gasteiger partial charge on any atom is -0.493 e. The van der Waals surface area contributed by atoms with Crippen molar-refractivity contribution < 1.29 is 9.53 Å². The van der Waals surface area contributed by atoms with Gasteiger partial charge < -0.3 is 4.74 Å². The topological polar surface area (TPSA) is 41.9 Å². The lowest BCUT2D eigenvalue weighted by Gasteiger charge is -2.13. The standard InChI is InChI=1S/C26H26N2O2S/c1-4-18-11-8-10-14-22(18)27-26-28(5-2)25(29)24(31-26)17-21-20-13-9-7-12-19(20)15-16-23(21)30-6-3/h7-17H,4-6H2,1-3H3/b24-17+,27-26?. The van der Waals surface area contributed by atoms with Gasteiger partial charge in [0, 0.05) is 12.1 Å². The summed E-state index contributed by atoms with van der Waals surface area (Å²) in [5.74, 6) is 0.766. The number of carbonyl (C=O) groups is 1. The van der Waals surface area contributed by atoms with E-state index in [2.05, 4.69) is 31.2 Å². The molecule has 1 heterocycles. The summed E-state index contributed by atoms with van der Waals surface area (Å²) >= 11 is 1.43. The SMILES string of the molecule is CCOc1ccc2ccccc2c1/C=C1/SC(=Nc2ccccc2CC)N(CC)C1=O. The van der Waals surface area contributed by atoms with Crippen molar-refractivity contribution in [2.75, 3.05) is 13.2 Å². The zero-order valence-corrected chi connectivity index (χ0v) is 18.9. The molecule has 158 valence electrons. The van der Waals surface area contributed by atoms with Crippen LogP contribution < -0.4 is 4.74 Å². The molecule has 3 aromatic rings. The Labute approximate surface area is 187 Å². The number of aryl methyl sites for hydroxylation is 1. The van der Waals surface area contributed by atoms with Crippen LogP contribution in [0.25, 0.3) is 16.8 Å². The Morgan fingerprint density at radius 1 is 1.00 bits per heavy atom. The fourth-order valence-electron chi connectivity index (χ4n) is 3.73. The van der Waals surface area contributed by atoms with Crippen LogP contribution in [-0.2, 0) is 11.2 Å². The Hall–Kier alpha value is -3.05. The molecular formula is C26H26N2O2S. The van der Waals surface area contributed by atoms with Crippen LogP contribution in [0.5, 0.6) is 5.75 Å². The van der Waals surface area contributed by atoms with Crippen LogP contribution in [0.1, 0.15) is 31.9 Å². The second-order valence-corrected chi connectivity index (χ2v) is 8.18. The molecule has 0 atom stereocenters. The second kappa shape index (κ2) is 9.40. The van der Waals surface area contributed by atoms with Gasteiger partial charge in [-0.25, -0.2) is 4.99 Å². The predicted octanol–water partition coefficient (Wildman–Crippen LogP) is 6.42. The zero-order valence-electron chi connectivity index (χ0n) is 18.1. The van der Waals surface area contributed by atoms with Crippen LogP contribution in [-0.4, -0.2) is 29.1 Å². The molecular weight excluding hydrogens is 404 g/mol. The second-order valence-electron chi connectivity index (χ2n) is 7.17. The summed E-state index contributed by atoms with van der Waals surface area (Å²) in [5, 5.41) is 2.91. The summed E-state index contributed by atoms with van der Waals surface area (Å²) < 4.78 is 5.89. The number of hydrogen-bond acceptors (Lipinski definition) is 4. The van der Waals surface area contributed by atoms with Crippen LogP contribution in [0.4, 0.5) is 5.69 Å². The lowest BCUT2D eigenvalue weighted by molar-refractivity contribution is -0.122. The summed E-state index contributed by atoms with van der Waals surface area (Å²) in [5.41, 5.74) is 3.02. The first kappa shape index (κ1) is 21.2. The minimum absolute atomic E-state index is 0.0180. The quantitative estimate of drug-likeness (QED) is 0.424. The molecule has 0 aliphatic carbocycles. The van der Waals surface area contributed by atoms with E-state index in [9.17, 15) is 4.79 Å². The van der Waals surface area contributed by atoms with E-state index in [4.69, 9.17) is 9.73 Å². The van der Waals surface area contributed by atoms with Gasteiger partial charge in [-0.15, -0.1) is 0 Å². The predicted molar refractivity (Wildman–Crippen MR) is 131 cm³/mol. The lowest BCUT2D eigenvalue weighted by Crippen LogP contribution is -2.28. The van der Waals surface area contributed by atoms with Gasteiger partial charge in [0.2, 0.25) is 0 Å². The Balaban J connectivity index is 1.80. The number of benzene rings is 3. The summed E-state index contributed by atoms with van der Waals surface area (Å²) in [6.07, 6.45) is 2.85. The third-order valence-electron chi connectivity index (χ3n) is 5.30. The molecule has 4 rings (SSSR count). The molecule has 0 saturated carbocycles. The Morgan fingerprint density at radius 3 is 2.55 bits per heavy atom. The maximum atomic E-state index is 13.2. The largest absolute Gasteiger partial charge is 0.493 e. The normalized spacial score (nSPS) is 16.6. The molecule has 3 aromatic carbocycles. The molecule has 0 N–H and O–H groups in total. The van der Waals surface area contributed by atoms with Gasteiger partial charge in [-0.05, 0) is 66.6 Å². The van der Waals surface area contributed by atoms with Crippen LogP contribution >= 0.6 is 11.8 Å². The zero-order chi connectivity index (χ0) is 21.8. The molecule has 0 aromatic heterocycles. The highest BCUT2D eigenvalue weighted by atomic mass is 32.2. The van der Waals surface area contributed by atoms with Crippen molar-refractivity contribution in [2.45, 2.75) is 27.2 Å². The van der Waals surface area contributed by atoms with Crippen LogP contribution in [0, 0.1) is 0 Å². The number of aliphatic imine (C=N–C) groups is 1. The maximum absolute atomic E-state index is 13.2. The van der Waals surface area contributed by atoms with E-state index >= 15 is 0 Å². The number of thioether (sulfide) groups is 1. The number of nitrogens with zero attached hydrogens (tertiary/aromatic N) is 2. The average Bonchev–Trinajstić information content (AvgIpc) is 3.09. The molecule has 1 fully saturated rings. The van der Waals surface area contributed by atoms with E-state index in [-0.39, 0.29) is 5.91 Å². The van der Waals surface area contributed by atoms with Crippen molar-refractivity contribution in [3.05, 3.63) is 76.7 Å². The fraction of sp³-hybridized carbons (Fsp3) is 0.231. The molecule has 1 saturated heterocycles. The third kappa shape index (κ3) is 4.23. The average molecular weight is 431 g/mol. The Bertz CT molecular complexity index is 1180. The minimum atomic E-state index is -0.0180. The first-order chi connectivity index (χ1) is 15.2. The van der Waals surface area contributed by atoms with Crippen molar-refractivity contribution >= 4 is 45.4 Å². The van der Waals surface area contributed by atoms with E-state index in [0.717, 1.165) is 39.4 Å². The number of para-hydroxylation sites is 1. The number of ether oxygens (including phenoxy) is 1. The van der Waals surface area contributed by atoms with Gasteiger partial charge in [-0.2, -0.15) is 0 Å². The highest BCUT2D eigenvalue weighted by molar-refractivity contribution is 8.18. The summed E-state index contributed by atoms with van der Waals surface area (Å²) in [7, 11) is 0. The van der Waals surface area contributed by atoms with E-state index in [1.54, 1.807) is 4.90 Å². The number of rotatable bonds is 6. The number of carbonyl (C=O) groups excluding carboxylic acids is 1. The van der Waals surface area contributed by atoms with Crippen LogP contribution in [0.2, 0.25) is 0 Å². The Kier molecular flexibility index (Phi) is 6.42. The van der Waals surface area contributed by atoms with Crippen molar-refractivity contribution in [1.29, 1.82) is 0 Å². The molecule has 5 heteroatoms. The first-order valence-corrected chi connectivity index (χ1v) is 11.5. The van der Waals surface area contributed by atoms with E-state index in [1.807, 2.05) is 56.3 Å². The monoisotopic (exact) mass is 430 g/mol. The van der Waals surface area contributed by atoms with Crippen molar-refractivity contribution in [1.82, 2.24) is 4.90 Å². The van der Waals surface area contributed by atoms with Gasteiger partial charge in [0.15, 0.2) is 5.17 Å². The maximum Gasteiger partial charge on any atom is 0.266 e. The highest BCUT2D eigenvalue weighted by Gasteiger charge is 2.32. The molecule has 0 spiro atoms. The molecule has 1 aliphatic rings. The molecule has 0 unspecified atom stereocenters. The van der Waals surface area contributed by atoms with Gasteiger partial charge in [-0.3, -0.25) is 9.69 Å². The summed E-state index contributed by atoms with van der Waals surface area (Å²) in [6.45, 7) is 7.20. The van der Waals surface area contributed by atoms with Crippen molar-refractivity contribution in [3.8, 4) is 5.75 Å². The summed E-state index contributed by atoms with van der Waals surface area (Å²) in [6, 6.07) is 20.3. The third-order valence-corrected chi connectivity index (χ3v) is 6.31. The molecule has 4 nitrogen and oxygen atoms in total.